The number of halogens is 1. The van der Waals surface area contributed by atoms with E-state index in [0.29, 0.717) is 5.56 Å². The van der Waals surface area contributed by atoms with E-state index in [2.05, 4.69) is 15.7 Å². The van der Waals surface area contributed by atoms with E-state index in [9.17, 15) is 14.0 Å². The smallest absolute Gasteiger partial charge is 0.329 e. The summed E-state index contributed by atoms with van der Waals surface area (Å²) in [7, 11) is 1.29. The summed E-state index contributed by atoms with van der Waals surface area (Å²) in [5.41, 5.74) is 2.31. The van der Waals surface area contributed by atoms with Crippen molar-refractivity contribution < 1.29 is 18.7 Å². The molecule has 7 nitrogen and oxygen atoms in total. The highest BCUT2D eigenvalue weighted by atomic mass is 19.1. The third-order valence-corrected chi connectivity index (χ3v) is 5.36. The summed E-state index contributed by atoms with van der Waals surface area (Å²) in [4.78, 5) is 24.8. The highest BCUT2D eigenvalue weighted by Crippen LogP contribution is 2.40. The number of ether oxygens (including phenoxy) is 1. The minimum Gasteiger partial charge on any atom is -0.467 e. The quantitative estimate of drug-likeness (QED) is 0.545. The van der Waals surface area contributed by atoms with Gasteiger partial charge in [0.1, 0.15) is 11.9 Å². The lowest BCUT2D eigenvalue weighted by Gasteiger charge is -2.17. The number of esters is 1. The molecule has 160 valence electrons. The monoisotopic (exact) mass is 422 g/mol. The molecule has 1 unspecified atom stereocenters. The Balaban J connectivity index is 1.34. The second-order valence-corrected chi connectivity index (χ2v) is 7.46. The van der Waals surface area contributed by atoms with Crippen molar-refractivity contribution in [2.75, 3.05) is 13.7 Å². The predicted molar refractivity (Wildman–Crippen MR) is 112 cm³/mol. The van der Waals surface area contributed by atoms with Crippen LogP contribution in [0.15, 0.2) is 67.0 Å². The maximum Gasteiger partial charge on any atom is 0.329 e. The summed E-state index contributed by atoms with van der Waals surface area (Å²) in [6, 6.07) is 14.5. The Labute approximate surface area is 179 Å². The van der Waals surface area contributed by atoms with E-state index in [1.54, 1.807) is 47.3 Å². The average molecular weight is 422 g/mol. The first-order valence-electron chi connectivity index (χ1n) is 10.0. The van der Waals surface area contributed by atoms with E-state index >= 15 is 0 Å². The Hall–Kier alpha value is -3.52. The number of hydrogen-bond acceptors (Lipinski definition) is 5. The Morgan fingerprint density at radius 3 is 2.58 bits per heavy atom. The van der Waals surface area contributed by atoms with Crippen molar-refractivity contribution in [3.63, 3.8) is 0 Å². The van der Waals surface area contributed by atoms with Gasteiger partial charge in [0.25, 0.3) is 5.91 Å². The fourth-order valence-electron chi connectivity index (χ4n) is 3.53. The van der Waals surface area contributed by atoms with Crippen LogP contribution in [0.2, 0.25) is 0 Å². The first-order chi connectivity index (χ1) is 15.0. The van der Waals surface area contributed by atoms with Crippen LogP contribution in [-0.4, -0.2) is 47.4 Å². The highest BCUT2D eigenvalue weighted by Gasteiger charge is 2.38. The minimum atomic E-state index is -0.822. The average Bonchev–Trinajstić information content (AvgIpc) is 3.35. The van der Waals surface area contributed by atoms with Crippen molar-refractivity contribution in [2.45, 2.75) is 24.4 Å². The molecule has 1 fully saturated rings. The molecule has 1 heterocycles. The molecule has 2 aromatic carbocycles. The minimum absolute atomic E-state index is 0.169. The van der Waals surface area contributed by atoms with Crippen molar-refractivity contribution >= 4 is 11.9 Å². The van der Waals surface area contributed by atoms with E-state index in [-0.39, 0.29) is 30.2 Å². The van der Waals surface area contributed by atoms with Crippen molar-refractivity contribution in [1.29, 1.82) is 0 Å². The highest BCUT2D eigenvalue weighted by molar-refractivity contribution is 5.97. The summed E-state index contributed by atoms with van der Waals surface area (Å²) in [6.07, 6.45) is 4.38. The number of methoxy groups -OCH3 is 1. The second kappa shape index (κ2) is 9.09. The van der Waals surface area contributed by atoms with Crippen molar-refractivity contribution in [2.24, 2.45) is 0 Å². The summed E-state index contributed by atoms with van der Waals surface area (Å²) in [5, 5.41) is 10.2. The maximum absolute atomic E-state index is 13.1. The van der Waals surface area contributed by atoms with Crippen molar-refractivity contribution in [3.05, 3.63) is 83.9 Å². The fourth-order valence-corrected chi connectivity index (χ4v) is 3.53. The van der Waals surface area contributed by atoms with E-state index in [0.717, 1.165) is 17.7 Å². The topological polar surface area (TPSA) is 85.3 Å². The van der Waals surface area contributed by atoms with E-state index in [4.69, 9.17) is 4.74 Å². The van der Waals surface area contributed by atoms with Gasteiger partial charge in [-0.1, -0.05) is 12.1 Å². The molecule has 31 heavy (non-hydrogen) atoms. The summed E-state index contributed by atoms with van der Waals surface area (Å²) in [6.45, 7) is 0.242. The van der Waals surface area contributed by atoms with Crippen LogP contribution in [0.3, 0.4) is 0 Å². The van der Waals surface area contributed by atoms with Crippen LogP contribution >= 0.6 is 0 Å². The van der Waals surface area contributed by atoms with Crippen LogP contribution in [0.5, 0.6) is 0 Å². The molecule has 0 bridgehead atoms. The van der Waals surface area contributed by atoms with Gasteiger partial charge in [0.2, 0.25) is 0 Å². The van der Waals surface area contributed by atoms with Crippen molar-refractivity contribution in [1.82, 2.24) is 20.4 Å². The summed E-state index contributed by atoms with van der Waals surface area (Å²) < 4.78 is 19.6. The standard InChI is InChI=1S/C23H23FN4O3/c1-31-23(30)21(14-25-20-13-19(20)15-3-7-17(24)8-4-15)27-22(29)16-5-9-18(10-6-16)28-12-2-11-26-28/h2-12,19-21,25H,13-14H2,1H3,(H,27,29)/t19-,20?,21-/m0/s1. The van der Waals surface area contributed by atoms with Gasteiger partial charge in [-0.2, -0.15) is 5.10 Å². The Bertz CT molecular complexity index is 1040. The van der Waals surface area contributed by atoms with Gasteiger partial charge in [0.15, 0.2) is 0 Å². The van der Waals surface area contributed by atoms with Crippen LogP contribution in [0.4, 0.5) is 4.39 Å². The lowest BCUT2D eigenvalue weighted by Crippen LogP contribution is -2.48. The molecular formula is C23H23FN4O3. The maximum atomic E-state index is 13.1. The number of carbonyl (C=O) groups is 2. The second-order valence-electron chi connectivity index (χ2n) is 7.46. The molecule has 0 saturated heterocycles. The fraction of sp³-hybridized carbons (Fsp3) is 0.261. The zero-order chi connectivity index (χ0) is 21.8. The molecule has 0 radical (unpaired) electrons. The van der Waals surface area contributed by atoms with Gasteiger partial charge >= 0.3 is 5.97 Å². The molecule has 8 heteroatoms. The van der Waals surface area contributed by atoms with Crippen LogP contribution in [-0.2, 0) is 9.53 Å². The molecular weight excluding hydrogens is 399 g/mol. The largest absolute Gasteiger partial charge is 0.467 e. The van der Waals surface area contributed by atoms with Crippen LogP contribution < -0.4 is 10.6 Å². The summed E-state index contributed by atoms with van der Waals surface area (Å²) >= 11 is 0. The number of aromatic nitrogens is 2. The molecule has 1 amide bonds. The Morgan fingerprint density at radius 2 is 1.94 bits per heavy atom. The van der Waals surface area contributed by atoms with Crippen LogP contribution in [0.25, 0.3) is 5.69 Å². The number of nitrogens with zero attached hydrogens (tertiary/aromatic N) is 2. The van der Waals surface area contributed by atoms with Gasteiger partial charge in [-0.05, 0) is 54.4 Å². The lowest BCUT2D eigenvalue weighted by molar-refractivity contribution is -0.142. The first-order valence-corrected chi connectivity index (χ1v) is 10.0. The Morgan fingerprint density at radius 1 is 1.19 bits per heavy atom. The van der Waals surface area contributed by atoms with Gasteiger partial charge < -0.3 is 15.4 Å². The normalized spacial score (nSPS) is 18.3. The predicted octanol–water partition coefficient (Wildman–Crippen LogP) is 2.43. The number of carbonyl (C=O) groups excluding carboxylic acids is 2. The van der Waals surface area contributed by atoms with Gasteiger partial charge in [-0.25, -0.2) is 13.9 Å². The first kappa shape index (κ1) is 20.7. The zero-order valence-electron chi connectivity index (χ0n) is 17.0. The molecule has 3 atom stereocenters. The van der Waals surface area contributed by atoms with E-state index < -0.39 is 12.0 Å². The lowest BCUT2D eigenvalue weighted by atomic mass is 10.1. The number of nitrogens with one attached hydrogen (secondary N) is 2. The molecule has 0 spiro atoms. The number of benzene rings is 2. The molecule has 0 aliphatic heterocycles. The number of hydrogen-bond donors (Lipinski definition) is 2. The molecule has 1 saturated carbocycles. The van der Waals surface area contributed by atoms with E-state index in [1.165, 1.54) is 19.2 Å². The molecule has 3 aromatic rings. The molecule has 1 aromatic heterocycles. The zero-order valence-corrected chi connectivity index (χ0v) is 17.0. The van der Waals surface area contributed by atoms with Gasteiger partial charge in [-0.3, -0.25) is 4.79 Å². The molecule has 2 N–H and O–H groups in total. The summed E-state index contributed by atoms with van der Waals surface area (Å²) in [5.74, 6) is -0.882. The van der Waals surface area contributed by atoms with Gasteiger partial charge in [-0.15, -0.1) is 0 Å². The Kier molecular flexibility index (Phi) is 6.08. The van der Waals surface area contributed by atoms with Gasteiger partial charge in [0, 0.05) is 36.5 Å². The number of amides is 1. The van der Waals surface area contributed by atoms with Gasteiger partial charge in [0.05, 0.1) is 12.8 Å². The SMILES string of the molecule is COC(=O)[C@H](CNC1C[C@H]1c1ccc(F)cc1)NC(=O)c1ccc(-n2cccn2)cc1. The van der Waals surface area contributed by atoms with E-state index in [1.807, 2.05) is 12.3 Å². The third-order valence-electron chi connectivity index (χ3n) is 5.36. The third kappa shape index (κ3) is 4.97. The van der Waals surface area contributed by atoms with Crippen molar-refractivity contribution in [3.8, 4) is 5.69 Å². The molecule has 1 aliphatic carbocycles. The number of rotatable bonds is 8. The molecule has 4 rings (SSSR count). The van der Waals surface area contributed by atoms with Crippen LogP contribution in [0.1, 0.15) is 28.3 Å². The van der Waals surface area contributed by atoms with Crippen LogP contribution in [0, 0.1) is 5.82 Å². The molecule has 1 aliphatic rings.